The van der Waals surface area contributed by atoms with Gasteiger partial charge in [-0.2, -0.15) is 0 Å². The Morgan fingerprint density at radius 3 is 2.84 bits per heavy atom. The van der Waals surface area contributed by atoms with Gasteiger partial charge < -0.3 is 25.2 Å². The number of hydrogen-bond donors (Lipinski definition) is 3. The molecule has 0 radical (unpaired) electrons. The summed E-state index contributed by atoms with van der Waals surface area (Å²) in [5.41, 5.74) is 4.31. The molecule has 2 aromatic rings. The Kier molecular flexibility index (Phi) is 6.25. The van der Waals surface area contributed by atoms with Crippen molar-refractivity contribution in [2.24, 2.45) is 0 Å². The first-order valence-electron chi connectivity index (χ1n) is 10.5. The van der Waals surface area contributed by atoms with Crippen LogP contribution in [0.5, 0.6) is 0 Å². The number of ether oxygens (including phenoxy) is 2. The Balaban J connectivity index is 1.46. The number of fused-ring (bicyclic) bond motifs is 2. The Morgan fingerprint density at radius 2 is 2.09 bits per heavy atom. The number of benzene rings is 2. The number of carbonyl (C=O) groups is 2. The minimum atomic E-state index is -0.938. The van der Waals surface area contributed by atoms with E-state index >= 15 is 0 Å². The van der Waals surface area contributed by atoms with Crippen LogP contribution >= 0.6 is 0 Å². The van der Waals surface area contributed by atoms with Crippen LogP contribution in [0.25, 0.3) is 11.3 Å². The topological polar surface area (TPSA) is 96.9 Å². The summed E-state index contributed by atoms with van der Waals surface area (Å²) < 4.78 is 24.7. The van der Waals surface area contributed by atoms with Gasteiger partial charge in [-0.3, -0.25) is 9.59 Å². The lowest BCUT2D eigenvalue weighted by molar-refractivity contribution is -0.142. The van der Waals surface area contributed by atoms with Crippen molar-refractivity contribution in [2.75, 3.05) is 19.0 Å². The van der Waals surface area contributed by atoms with Gasteiger partial charge in [0.2, 0.25) is 0 Å². The molecular weight excluding hydrogens is 415 g/mol. The van der Waals surface area contributed by atoms with Crippen molar-refractivity contribution in [3.63, 3.8) is 0 Å². The molecule has 8 heteroatoms. The van der Waals surface area contributed by atoms with E-state index in [2.05, 4.69) is 10.6 Å². The summed E-state index contributed by atoms with van der Waals surface area (Å²) in [5, 5.41) is 15.1. The lowest BCUT2D eigenvalue weighted by Crippen LogP contribution is -2.46. The van der Waals surface area contributed by atoms with Crippen LogP contribution in [0.2, 0.25) is 0 Å². The molecule has 1 amide bonds. The highest BCUT2D eigenvalue weighted by molar-refractivity contribution is 6.36. The average Bonchev–Trinajstić information content (AvgIpc) is 3.31. The molecule has 0 bridgehead atoms. The van der Waals surface area contributed by atoms with Crippen molar-refractivity contribution in [2.45, 2.75) is 38.5 Å². The predicted molar refractivity (Wildman–Crippen MR) is 117 cm³/mol. The first kappa shape index (κ1) is 22.0. The van der Waals surface area contributed by atoms with Gasteiger partial charge in [0, 0.05) is 29.5 Å². The zero-order chi connectivity index (χ0) is 22.8. The molecular formula is C24H25FN2O5. The van der Waals surface area contributed by atoms with E-state index in [1.807, 2.05) is 18.2 Å². The smallest absolute Gasteiger partial charge is 0.323 e. The van der Waals surface area contributed by atoms with E-state index in [1.54, 1.807) is 13.0 Å². The largest absolute Gasteiger partial charge is 0.487 e. The third-order valence-electron chi connectivity index (χ3n) is 5.85. The lowest BCUT2D eigenvalue weighted by atomic mass is 9.98. The minimum Gasteiger partial charge on any atom is -0.487 e. The summed E-state index contributed by atoms with van der Waals surface area (Å²) >= 11 is 0. The molecule has 2 aliphatic heterocycles. The van der Waals surface area contributed by atoms with E-state index < -0.39 is 23.9 Å². The Bertz CT molecular complexity index is 1100. The summed E-state index contributed by atoms with van der Waals surface area (Å²) in [5.74, 6) is -1.19. The van der Waals surface area contributed by atoms with Gasteiger partial charge in [-0.15, -0.1) is 0 Å². The maximum Gasteiger partial charge on any atom is 0.323 e. The fourth-order valence-electron chi connectivity index (χ4n) is 4.08. The SMILES string of the molecule is COC(C)C(NCCCc1ccc2c(c1)COC2=C1C(=O)Nc2ccc(F)cc21)C(=O)O. The Morgan fingerprint density at radius 1 is 1.28 bits per heavy atom. The number of aryl methyl sites for hydroxylation is 1. The highest BCUT2D eigenvalue weighted by Gasteiger charge is 2.32. The molecule has 0 spiro atoms. The normalized spacial score (nSPS) is 18.5. The number of carboxylic acid groups (broad SMARTS) is 1. The van der Waals surface area contributed by atoms with Gasteiger partial charge in [0.25, 0.3) is 5.91 Å². The molecule has 0 fully saturated rings. The number of amides is 1. The van der Waals surface area contributed by atoms with E-state index in [0.717, 1.165) is 29.5 Å². The fraction of sp³-hybridized carbons (Fsp3) is 0.333. The standard InChI is InChI=1S/C24H25FN2O5/c1-13(31-2)21(24(29)30)26-9-3-4-14-5-7-17-15(10-14)12-32-22(17)20-18-11-16(25)6-8-19(18)27-23(20)28/h5-8,10-11,13,21,26H,3-4,9,12H2,1-2H3,(H,27,28)(H,29,30). The zero-order valence-electron chi connectivity index (χ0n) is 17.9. The third-order valence-corrected chi connectivity index (χ3v) is 5.85. The number of hydrogen-bond acceptors (Lipinski definition) is 5. The molecule has 32 heavy (non-hydrogen) atoms. The van der Waals surface area contributed by atoms with Crippen LogP contribution in [-0.2, 0) is 32.1 Å². The number of carboxylic acids is 1. The number of nitrogens with one attached hydrogen (secondary N) is 2. The van der Waals surface area contributed by atoms with Crippen LogP contribution < -0.4 is 10.6 Å². The van der Waals surface area contributed by atoms with Gasteiger partial charge in [0.15, 0.2) is 0 Å². The number of aliphatic carboxylic acids is 1. The molecule has 2 unspecified atom stereocenters. The first-order chi connectivity index (χ1) is 15.4. The molecule has 3 N–H and O–H groups in total. The maximum atomic E-state index is 13.8. The number of rotatable bonds is 8. The van der Waals surface area contributed by atoms with Crippen LogP contribution in [0.15, 0.2) is 36.4 Å². The molecule has 2 aromatic carbocycles. The summed E-state index contributed by atoms with van der Waals surface area (Å²) in [7, 11) is 1.49. The third kappa shape index (κ3) is 4.24. The zero-order valence-corrected chi connectivity index (χ0v) is 17.9. The molecule has 0 saturated heterocycles. The van der Waals surface area contributed by atoms with Gasteiger partial charge in [0.05, 0.1) is 11.7 Å². The van der Waals surface area contributed by atoms with Crippen LogP contribution in [0.3, 0.4) is 0 Å². The number of anilines is 1. The van der Waals surface area contributed by atoms with E-state index in [-0.39, 0.29) is 5.91 Å². The summed E-state index contributed by atoms with van der Waals surface area (Å²) in [6.45, 7) is 2.59. The van der Waals surface area contributed by atoms with Crippen molar-refractivity contribution in [3.05, 3.63) is 64.5 Å². The van der Waals surface area contributed by atoms with Crippen molar-refractivity contribution >= 4 is 28.9 Å². The first-order valence-corrected chi connectivity index (χ1v) is 10.5. The second-order valence-corrected chi connectivity index (χ2v) is 7.94. The predicted octanol–water partition coefficient (Wildman–Crippen LogP) is 3.19. The van der Waals surface area contributed by atoms with Crippen LogP contribution in [0.1, 0.15) is 35.6 Å². The highest BCUT2D eigenvalue weighted by atomic mass is 19.1. The van der Waals surface area contributed by atoms with E-state index in [1.165, 1.54) is 19.2 Å². The van der Waals surface area contributed by atoms with E-state index in [0.29, 0.717) is 35.7 Å². The molecule has 2 aliphatic rings. The quantitative estimate of drug-likeness (QED) is 0.431. The molecule has 4 rings (SSSR count). The maximum absolute atomic E-state index is 13.8. The fourth-order valence-corrected chi connectivity index (χ4v) is 4.08. The highest BCUT2D eigenvalue weighted by Crippen LogP contribution is 2.41. The number of carbonyl (C=O) groups excluding carboxylic acids is 1. The monoisotopic (exact) mass is 440 g/mol. The number of methoxy groups -OCH3 is 1. The van der Waals surface area contributed by atoms with Crippen LogP contribution in [-0.4, -0.2) is 42.8 Å². The molecule has 0 aliphatic carbocycles. The Labute approximate surface area is 185 Å². The molecule has 2 heterocycles. The molecule has 7 nitrogen and oxygen atoms in total. The molecule has 2 atom stereocenters. The number of halogens is 1. The van der Waals surface area contributed by atoms with Crippen molar-refractivity contribution in [3.8, 4) is 0 Å². The molecule has 0 aromatic heterocycles. The lowest BCUT2D eigenvalue weighted by Gasteiger charge is -2.20. The van der Waals surface area contributed by atoms with Crippen molar-refractivity contribution in [1.82, 2.24) is 5.32 Å². The van der Waals surface area contributed by atoms with Gasteiger partial charge in [-0.25, -0.2) is 4.39 Å². The average molecular weight is 440 g/mol. The van der Waals surface area contributed by atoms with Crippen LogP contribution in [0, 0.1) is 5.82 Å². The second kappa shape index (κ2) is 9.10. The van der Waals surface area contributed by atoms with Crippen LogP contribution in [0.4, 0.5) is 10.1 Å². The van der Waals surface area contributed by atoms with Gasteiger partial charge in [0.1, 0.15) is 24.2 Å². The van der Waals surface area contributed by atoms with E-state index in [9.17, 15) is 19.1 Å². The Hall–Kier alpha value is -3.23. The van der Waals surface area contributed by atoms with Gasteiger partial charge in [-0.05, 0) is 50.1 Å². The summed E-state index contributed by atoms with van der Waals surface area (Å²) in [6.07, 6.45) is 1.08. The van der Waals surface area contributed by atoms with Gasteiger partial charge >= 0.3 is 5.97 Å². The van der Waals surface area contributed by atoms with E-state index in [4.69, 9.17) is 9.47 Å². The summed E-state index contributed by atoms with van der Waals surface area (Å²) in [6, 6.07) is 9.37. The molecule has 168 valence electrons. The molecule has 0 saturated carbocycles. The van der Waals surface area contributed by atoms with Crippen molar-refractivity contribution in [1.29, 1.82) is 0 Å². The summed E-state index contributed by atoms with van der Waals surface area (Å²) in [4.78, 5) is 23.9. The minimum absolute atomic E-state index is 0.304. The van der Waals surface area contributed by atoms with Gasteiger partial charge in [-0.1, -0.05) is 18.2 Å². The second-order valence-electron chi connectivity index (χ2n) is 7.94. The van der Waals surface area contributed by atoms with Crippen molar-refractivity contribution < 1.29 is 28.6 Å².